The summed E-state index contributed by atoms with van der Waals surface area (Å²) in [6.07, 6.45) is 0.253. The lowest BCUT2D eigenvalue weighted by Gasteiger charge is -2.18. The first-order chi connectivity index (χ1) is 12.6. The third kappa shape index (κ3) is 4.26. The zero-order valence-electron chi connectivity index (χ0n) is 14.4. The van der Waals surface area contributed by atoms with E-state index in [2.05, 4.69) is 10.6 Å². The smallest absolute Gasteiger partial charge is 0.319 e. The summed E-state index contributed by atoms with van der Waals surface area (Å²) >= 11 is 6.03. The maximum atomic E-state index is 12.3. The molecule has 3 rings (SSSR count). The van der Waals surface area contributed by atoms with E-state index in [-0.39, 0.29) is 24.4 Å². The standard InChI is InChI=1S/C19H20ClN3O3/c1-2-26-15-9-7-14(8-10-15)23-12-13(11-18(23)24)21-19(25)22-17-6-4-3-5-16(17)20/h3-10,13H,2,11-12H2,1H3,(H2,21,22,25)/t13-/m0/s1. The second-order valence-corrected chi connectivity index (χ2v) is 6.32. The van der Waals surface area contributed by atoms with Gasteiger partial charge < -0.3 is 20.3 Å². The minimum Gasteiger partial charge on any atom is -0.494 e. The fourth-order valence-electron chi connectivity index (χ4n) is 2.85. The van der Waals surface area contributed by atoms with Gasteiger partial charge in [0.1, 0.15) is 5.75 Å². The molecular formula is C19H20ClN3O3. The lowest BCUT2D eigenvalue weighted by atomic mass is 10.2. The van der Waals surface area contributed by atoms with Crippen molar-refractivity contribution < 1.29 is 14.3 Å². The van der Waals surface area contributed by atoms with E-state index < -0.39 is 0 Å². The number of hydrogen-bond acceptors (Lipinski definition) is 3. The number of anilines is 2. The summed E-state index contributed by atoms with van der Waals surface area (Å²) in [5, 5.41) is 5.98. The molecule has 0 unspecified atom stereocenters. The van der Waals surface area contributed by atoms with Crippen molar-refractivity contribution in [2.75, 3.05) is 23.4 Å². The molecule has 7 heteroatoms. The van der Waals surface area contributed by atoms with E-state index in [4.69, 9.17) is 16.3 Å². The van der Waals surface area contributed by atoms with Crippen molar-refractivity contribution in [1.29, 1.82) is 0 Å². The van der Waals surface area contributed by atoms with Crippen molar-refractivity contribution in [2.24, 2.45) is 0 Å². The van der Waals surface area contributed by atoms with Crippen molar-refractivity contribution in [3.8, 4) is 5.75 Å². The number of halogens is 1. The molecule has 1 aliphatic rings. The van der Waals surface area contributed by atoms with Gasteiger partial charge in [0.15, 0.2) is 0 Å². The number of carbonyl (C=O) groups excluding carboxylic acids is 2. The minimum atomic E-state index is -0.385. The van der Waals surface area contributed by atoms with Crippen LogP contribution in [0.15, 0.2) is 48.5 Å². The van der Waals surface area contributed by atoms with Gasteiger partial charge in [-0.2, -0.15) is 0 Å². The Morgan fingerprint density at radius 1 is 1.23 bits per heavy atom. The van der Waals surface area contributed by atoms with Gasteiger partial charge in [-0.3, -0.25) is 4.79 Å². The number of nitrogens with one attached hydrogen (secondary N) is 2. The maximum absolute atomic E-state index is 12.3. The number of amides is 3. The molecule has 26 heavy (non-hydrogen) atoms. The summed E-state index contributed by atoms with van der Waals surface area (Å²) in [6.45, 7) is 2.93. The maximum Gasteiger partial charge on any atom is 0.319 e. The van der Waals surface area contributed by atoms with Gasteiger partial charge in [0.05, 0.1) is 23.4 Å². The fraction of sp³-hybridized carbons (Fsp3) is 0.263. The van der Waals surface area contributed by atoms with Gasteiger partial charge in [0.25, 0.3) is 0 Å². The van der Waals surface area contributed by atoms with E-state index in [0.29, 0.717) is 23.9 Å². The Morgan fingerprint density at radius 2 is 1.96 bits per heavy atom. The predicted octanol–water partition coefficient (Wildman–Crippen LogP) is 3.67. The molecule has 6 nitrogen and oxygen atoms in total. The molecule has 1 atom stereocenters. The third-order valence-corrected chi connectivity index (χ3v) is 4.37. The van der Waals surface area contributed by atoms with Crippen LogP contribution >= 0.6 is 11.6 Å². The van der Waals surface area contributed by atoms with Crippen LogP contribution in [0.4, 0.5) is 16.2 Å². The molecule has 1 fully saturated rings. The van der Waals surface area contributed by atoms with Crippen LogP contribution in [0.1, 0.15) is 13.3 Å². The average Bonchev–Trinajstić information content (AvgIpc) is 2.98. The first-order valence-corrected chi connectivity index (χ1v) is 8.80. The van der Waals surface area contributed by atoms with E-state index in [1.807, 2.05) is 31.2 Å². The highest BCUT2D eigenvalue weighted by atomic mass is 35.5. The average molecular weight is 374 g/mol. The van der Waals surface area contributed by atoms with E-state index in [1.165, 1.54) is 0 Å². The SMILES string of the molecule is CCOc1ccc(N2C[C@@H](NC(=O)Nc3ccccc3Cl)CC2=O)cc1. The molecule has 1 saturated heterocycles. The van der Waals surface area contributed by atoms with E-state index >= 15 is 0 Å². The van der Waals surface area contributed by atoms with Crippen molar-refractivity contribution in [2.45, 2.75) is 19.4 Å². The van der Waals surface area contributed by atoms with Crippen LogP contribution < -0.4 is 20.3 Å². The molecule has 0 bridgehead atoms. The number of hydrogen-bond donors (Lipinski definition) is 2. The Morgan fingerprint density at radius 3 is 2.65 bits per heavy atom. The number of urea groups is 1. The fourth-order valence-corrected chi connectivity index (χ4v) is 3.03. The number of carbonyl (C=O) groups is 2. The molecule has 0 spiro atoms. The second-order valence-electron chi connectivity index (χ2n) is 5.91. The highest BCUT2D eigenvalue weighted by molar-refractivity contribution is 6.33. The third-order valence-electron chi connectivity index (χ3n) is 4.04. The van der Waals surface area contributed by atoms with Crippen molar-refractivity contribution in [1.82, 2.24) is 5.32 Å². The largest absolute Gasteiger partial charge is 0.494 e. The van der Waals surface area contributed by atoms with Gasteiger partial charge in [0.2, 0.25) is 5.91 Å². The number of nitrogens with zero attached hydrogens (tertiary/aromatic N) is 1. The van der Waals surface area contributed by atoms with Crippen molar-refractivity contribution in [3.63, 3.8) is 0 Å². The predicted molar refractivity (Wildman–Crippen MR) is 102 cm³/mol. The molecule has 1 aliphatic heterocycles. The molecule has 2 aromatic rings. The van der Waals surface area contributed by atoms with Crippen LogP contribution in [-0.4, -0.2) is 31.1 Å². The van der Waals surface area contributed by atoms with Gasteiger partial charge in [-0.25, -0.2) is 4.79 Å². The van der Waals surface area contributed by atoms with Gasteiger partial charge in [-0.1, -0.05) is 23.7 Å². The number of benzene rings is 2. The monoisotopic (exact) mass is 373 g/mol. The lowest BCUT2D eigenvalue weighted by Crippen LogP contribution is -2.39. The molecular weight excluding hydrogens is 354 g/mol. The van der Waals surface area contributed by atoms with Gasteiger partial charge in [-0.05, 0) is 43.3 Å². The number of para-hydroxylation sites is 1. The summed E-state index contributed by atoms with van der Waals surface area (Å²) < 4.78 is 5.41. The highest BCUT2D eigenvalue weighted by Gasteiger charge is 2.31. The molecule has 0 radical (unpaired) electrons. The van der Waals surface area contributed by atoms with E-state index in [9.17, 15) is 9.59 Å². The summed E-state index contributed by atoms with van der Waals surface area (Å²) in [7, 11) is 0. The van der Waals surface area contributed by atoms with Crippen LogP contribution in [0, 0.1) is 0 Å². The van der Waals surface area contributed by atoms with Crippen LogP contribution in [0.2, 0.25) is 5.02 Å². The zero-order valence-corrected chi connectivity index (χ0v) is 15.1. The molecule has 1 heterocycles. The number of rotatable bonds is 5. The van der Waals surface area contributed by atoms with Crippen molar-refractivity contribution in [3.05, 3.63) is 53.6 Å². The van der Waals surface area contributed by atoms with Crippen LogP contribution in [0.3, 0.4) is 0 Å². The number of ether oxygens (including phenoxy) is 1. The Kier molecular flexibility index (Phi) is 5.63. The molecule has 2 aromatic carbocycles. The minimum absolute atomic E-state index is 0.0304. The quantitative estimate of drug-likeness (QED) is 0.840. The Labute approximate surface area is 157 Å². The Bertz CT molecular complexity index is 795. The summed E-state index contributed by atoms with van der Waals surface area (Å²) in [5.41, 5.74) is 1.31. The topological polar surface area (TPSA) is 70.7 Å². The second kappa shape index (κ2) is 8.10. The summed E-state index contributed by atoms with van der Waals surface area (Å²) in [5.74, 6) is 0.730. The molecule has 3 amide bonds. The Hall–Kier alpha value is -2.73. The van der Waals surface area contributed by atoms with Crippen molar-refractivity contribution >= 4 is 34.9 Å². The van der Waals surface area contributed by atoms with E-state index in [0.717, 1.165) is 11.4 Å². The lowest BCUT2D eigenvalue weighted by molar-refractivity contribution is -0.117. The van der Waals surface area contributed by atoms with Crippen LogP contribution in [0.5, 0.6) is 5.75 Å². The highest BCUT2D eigenvalue weighted by Crippen LogP contribution is 2.25. The summed E-state index contributed by atoms with van der Waals surface area (Å²) in [6, 6.07) is 13.7. The van der Waals surface area contributed by atoms with Crippen LogP contribution in [-0.2, 0) is 4.79 Å². The molecule has 2 N–H and O–H groups in total. The molecule has 0 aliphatic carbocycles. The van der Waals surface area contributed by atoms with Gasteiger partial charge in [-0.15, -0.1) is 0 Å². The van der Waals surface area contributed by atoms with Gasteiger partial charge >= 0.3 is 6.03 Å². The van der Waals surface area contributed by atoms with Gasteiger partial charge in [0, 0.05) is 18.7 Å². The zero-order chi connectivity index (χ0) is 18.5. The first kappa shape index (κ1) is 18.1. The van der Waals surface area contributed by atoms with Crippen LogP contribution in [0.25, 0.3) is 0 Å². The van der Waals surface area contributed by atoms with E-state index in [1.54, 1.807) is 29.2 Å². The normalized spacial score (nSPS) is 16.5. The molecule has 0 aromatic heterocycles. The Balaban J connectivity index is 1.59. The summed E-state index contributed by atoms with van der Waals surface area (Å²) in [4.78, 5) is 26.1. The molecule has 136 valence electrons. The first-order valence-electron chi connectivity index (χ1n) is 8.42. The molecule has 0 saturated carbocycles.